The van der Waals surface area contributed by atoms with Crippen LogP contribution in [0, 0.1) is 0 Å². The smallest absolute Gasteiger partial charge is 0.189 e. The lowest BCUT2D eigenvalue weighted by atomic mass is 9.97. The summed E-state index contributed by atoms with van der Waals surface area (Å²) < 4.78 is 2.50. The van der Waals surface area contributed by atoms with E-state index in [1.54, 1.807) is 0 Å². The first kappa shape index (κ1) is 20.4. The van der Waals surface area contributed by atoms with Gasteiger partial charge < -0.3 is 0 Å². The maximum absolute atomic E-state index is 6.24. The van der Waals surface area contributed by atoms with Crippen molar-refractivity contribution in [1.82, 2.24) is 0 Å². The van der Waals surface area contributed by atoms with Crippen molar-refractivity contribution in [2.45, 2.75) is 25.8 Å². The molecule has 2 heteroatoms. The monoisotopic (exact) mass is 412 g/mol. The summed E-state index contributed by atoms with van der Waals surface area (Å²) in [6.07, 6.45) is 1.97. The molecule has 1 aromatic heterocycles. The zero-order valence-electron chi connectivity index (χ0n) is 17.3. The van der Waals surface area contributed by atoms with Crippen LogP contribution in [-0.4, -0.2) is 5.88 Å². The van der Waals surface area contributed by atoms with Gasteiger partial charge in [0, 0.05) is 42.0 Å². The van der Waals surface area contributed by atoms with Gasteiger partial charge in [-0.2, -0.15) is 4.57 Å². The Morgan fingerprint density at radius 1 is 0.633 bits per heavy atom. The Kier molecular flexibility index (Phi) is 6.61. The quantitative estimate of drug-likeness (QED) is 0.218. The van der Waals surface area contributed by atoms with E-state index in [0.29, 0.717) is 11.9 Å². The zero-order valence-corrected chi connectivity index (χ0v) is 18.1. The molecular weight excluding hydrogens is 386 g/mol. The highest BCUT2D eigenvalue weighted by Gasteiger charge is 2.28. The Morgan fingerprint density at radius 2 is 1.07 bits per heavy atom. The number of rotatable bonds is 7. The van der Waals surface area contributed by atoms with Gasteiger partial charge in [0.25, 0.3) is 0 Å². The van der Waals surface area contributed by atoms with Crippen LogP contribution < -0.4 is 4.57 Å². The van der Waals surface area contributed by atoms with Gasteiger partial charge in [0.05, 0.1) is 0 Å². The number of alkyl halides is 1. The van der Waals surface area contributed by atoms with Crippen molar-refractivity contribution in [2.24, 2.45) is 0 Å². The highest BCUT2D eigenvalue weighted by molar-refractivity contribution is 6.17. The number of aromatic nitrogens is 1. The standard InChI is InChI=1S/C28H27ClN/c1-2-26(18-19-29)30-27(23-14-8-4-9-15-23)20-25(22-12-6-3-7-13-22)21-28(30)24-16-10-5-11-17-24/h3-17,20-21,26H,2,18-19H2,1H3/q+1. The summed E-state index contributed by atoms with van der Waals surface area (Å²) in [5.41, 5.74) is 7.36. The minimum Gasteiger partial charge on any atom is -0.189 e. The maximum atomic E-state index is 6.24. The molecule has 0 aliphatic carbocycles. The number of hydrogen-bond donors (Lipinski definition) is 0. The van der Waals surface area contributed by atoms with Crippen molar-refractivity contribution >= 4 is 11.6 Å². The lowest BCUT2D eigenvalue weighted by Gasteiger charge is -2.18. The molecule has 0 aliphatic heterocycles. The van der Waals surface area contributed by atoms with Crippen molar-refractivity contribution in [2.75, 3.05) is 5.88 Å². The first-order chi connectivity index (χ1) is 14.8. The second-order valence-electron chi connectivity index (χ2n) is 7.52. The summed E-state index contributed by atoms with van der Waals surface area (Å²) in [6.45, 7) is 2.25. The van der Waals surface area contributed by atoms with Crippen molar-refractivity contribution < 1.29 is 4.57 Å². The van der Waals surface area contributed by atoms with E-state index in [-0.39, 0.29) is 0 Å². The predicted molar refractivity (Wildman–Crippen MR) is 128 cm³/mol. The molecule has 0 amide bonds. The molecule has 0 radical (unpaired) electrons. The van der Waals surface area contributed by atoms with Gasteiger partial charge in [-0.15, -0.1) is 11.6 Å². The highest BCUT2D eigenvalue weighted by Crippen LogP contribution is 2.31. The molecule has 1 nitrogen and oxygen atoms in total. The SMILES string of the molecule is CCC(CCCl)[n+]1c(-c2ccccc2)cc(-c2ccccc2)cc1-c1ccccc1. The van der Waals surface area contributed by atoms with Crippen LogP contribution in [-0.2, 0) is 0 Å². The number of pyridine rings is 1. The fourth-order valence-corrected chi connectivity index (χ4v) is 4.35. The van der Waals surface area contributed by atoms with Crippen LogP contribution in [0.2, 0.25) is 0 Å². The van der Waals surface area contributed by atoms with E-state index in [9.17, 15) is 0 Å². The van der Waals surface area contributed by atoms with Crippen LogP contribution in [0.15, 0.2) is 103 Å². The summed E-state index contributed by atoms with van der Waals surface area (Å²) in [5.74, 6) is 0.647. The van der Waals surface area contributed by atoms with E-state index >= 15 is 0 Å². The molecule has 3 aromatic carbocycles. The summed E-state index contributed by atoms with van der Waals surface area (Å²) in [5, 5.41) is 0. The first-order valence-corrected chi connectivity index (χ1v) is 11.2. The third kappa shape index (κ3) is 4.32. The van der Waals surface area contributed by atoms with E-state index in [4.69, 9.17) is 11.6 Å². The zero-order chi connectivity index (χ0) is 20.8. The fraction of sp³-hybridized carbons (Fsp3) is 0.179. The van der Waals surface area contributed by atoms with E-state index in [0.717, 1.165) is 12.8 Å². The van der Waals surface area contributed by atoms with E-state index < -0.39 is 0 Å². The molecule has 1 heterocycles. The molecule has 0 fully saturated rings. The molecule has 30 heavy (non-hydrogen) atoms. The predicted octanol–water partition coefficient (Wildman–Crippen LogP) is 7.56. The van der Waals surface area contributed by atoms with Gasteiger partial charge in [-0.1, -0.05) is 73.7 Å². The molecule has 0 N–H and O–H groups in total. The van der Waals surface area contributed by atoms with Gasteiger partial charge in [-0.25, -0.2) is 0 Å². The van der Waals surface area contributed by atoms with Crippen LogP contribution in [0.3, 0.4) is 0 Å². The molecule has 4 aromatic rings. The molecule has 0 spiro atoms. The topological polar surface area (TPSA) is 3.88 Å². The maximum Gasteiger partial charge on any atom is 0.213 e. The van der Waals surface area contributed by atoms with Crippen LogP contribution >= 0.6 is 11.6 Å². The Hall–Kier alpha value is -2.90. The molecule has 1 unspecified atom stereocenters. The van der Waals surface area contributed by atoms with E-state index in [1.807, 2.05) is 0 Å². The minimum absolute atomic E-state index is 0.331. The van der Waals surface area contributed by atoms with Gasteiger partial charge in [0.1, 0.15) is 0 Å². The first-order valence-electron chi connectivity index (χ1n) is 10.6. The summed E-state index contributed by atoms with van der Waals surface area (Å²) in [7, 11) is 0. The van der Waals surface area contributed by atoms with Gasteiger partial charge in [0.15, 0.2) is 6.04 Å². The molecule has 0 saturated carbocycles. The fourth-order valence-electron chi connectivity index (χ4n) is 4.10. The molecule has 0 bridgehead atoms. The minimum atomic E-state index is 0.331. The van der Waals surface area contributed by atoms with Crippen molar-refractivity contribution in [1.29, 1.82) is 0 Å². The van der Waals surface area contributed by atoms with Crippen LogP contribution in [0.5, 0.6) is 0 Å². The Balaban J connectivity index is 2.05. The summed E-state index contributed by atoms with van der Waals surface area (Å²) >= 11 is 6.24. The van der Waals surface area contributed by atoms with Crippen molar-refractivity contribution in [3.8, 4) is 33.6 Å². The lowest BCUT2D eigenvalue weighted by Crippen LogP contribution is -2.44. The summed E-state index contributed by atoms with van der Waals surface area (Å²) in [4.78, 5) is 0. The highest BCUT2D eigenvalue weighted by atomic mass is 35.5. The van der Waals surface area contributed by atoms with E-state index in [2.05, 4.69) is 115 Å². The third-order valence-corrected chi connectivity index (χ3v) is 5.85. The van der Waals surface area contributed by atoms with E-state index in [1.165, 1.54) is 33.6 Å². The number of hydrogen-bond acceptors (Lipinski definition) is 0. The van der Waals surface area contributed by atoms with Crippen LogP contribution in [0.25, 0.3) is 33.6 Å². The molecule has 4 rings (SSSR count). The van der Waals surface area contributed by atoms with Crippen LogP contribution in [0.4, 0.5) is 0 Å². The number of benzene rings is 3. The van der Waals surface area contributed by atoms with Crippen LogP contribution in [0.1, 0.15) is 25.8 Å². The second kappa shape index (κ2) is 9.73. The molecule has 150 valence electrons. The molecular formula is C28H27ClN+. The number of nitrogens with zero attached hydrogens (tertiary/aromatic N) is 1. The normalized spacial score (nSPS) is 11.9. The largest absolute Gasteiger partial charge is 0.213 e. The number of halogens is 1. The molecule has 0 aliphatic rings. The van der Waals surface area contributed by atoms with Gasteiger partial charge in [0.2, 0.25) is 11.4 Å². The van der Waals surface area contributed by atoms with Crippen molar-refractivity contribution in [3.63, 3.8) is 0 Å². The van der Waals surface area contributed by atoms with Gasteiger partial charge >= 0.3 is 0 Å². The average Bonchev–Trinajstić information content (AvgIpc) is 2.83. The molecule has 0 saturated heterocycles. The lowest BCUT2D eigenvalue weighted by molar-refractivity contribution is -0.702. The Morgan fingerprint density at radius 3 is 1.47 bits per heavy atom. The van der Waals surface area contributed by atoms with Gasteiger partial charge in [-0.3, -0.25) is 0 Å². The Labute approximate surface area is 184 Å². The third-order valence-electron chi connectivity index (χ3n) is 5.63. The second-order valence-corrected chi connectivity index (χ2v) is 7.90. The molecule has 1 atom stereocenters. The summed E-state index contributed by atoms with van der Waals surface area (Å²) in [6, 6.07) is 37.0. The Bertz CT molecular complexity index is 1010. The van der Waals surface area contributed by atoms with Gasteiger partial charge in [-0.05, 0) is 35.4 Å². The average molecular weight is 413 g/mol. The van der Waals surface area contributed by atoms with Crippen molar-refractivity contribution in [3.05, 3.63) is 103 Å².